The lowest BCUT2D eigenvalue weighted by atomic mass is 10.1. The summed E-state index contributed by atoms with van der Waals surface area (Å²) in [7, 11) is 3.66. The maximum Gasteiger partial charge on any atom is 0.123 e. The van der Waals surface area contributed by atoms with Crippen molar-refractivity contribution in [1.82, 2.24) is 0 Å². The van der Waals surface area contributed by atoms with Crippen molar-refractivity contribution >= 4 is 21.6 Å². The molecule has 0 aliphatic rings. The maximum atomic E-state index is 13.3. The third-order valence-electron chi connectivity index (χ3n) is 3.20. The zero-order chi connectivity index (χ0) is 14.5. The number of nitrogens with zero attached hydrogens (tertiary/aromatic N) is 1. The van der Waals surface area contributed by atoms with Gasteiger partial charge in [0.05, 0.1) is 7.11 Å². The summed E-state index contributed by atoms with van der Waals surface area (Å²) < 4.78 is 18.6. The molecule has 0 aliphatic carbocycles. The number of methoxy groups -OCH3 is 1. The van der Waals surface area contributed by atoms with Crippen LogP contribution in [-0.4, -0.2) is 14.2 Å². The molecule has 2 rings (SSSR count). The fourth-order valence-electron chi connectivity index (χ4n) is 2.21. The molecule has 2 nitrogen and oxygen atoms in total. The number of hydrogen-bond acceptors (Lipinski definition) is 2. The van der Waals surface area contributed by atoms with E-state index in [0.29, 0.717) is 11.9 Å². The number of ether oxygens (including phenoxy) is 1. The van der Waals surface area contributed by atoms with Crippen molar-refractivity contribution in [1.29, 1.82) is 0 Å². The average Bonchev–Trinajstić information content (AvgIpc) is 2.47. The lowest BCUT2D eigenvalue weighted by Crippen LogP contribution is -2.18. The maximum absolute atomic E-state index is 13.3. The van der Waals surface area contributed by atoms with Gasteiger partial charge >= 0.3 is 0 Å². The summed E-state index contributed by atoms with van der Waals surface area (Å²) in [5.74, 6) is 0.649. The molecule has 4 heteroatoms. The van der Waals surface area contributed by atoms with Gasteiger partial charge in [0.2, 0.25) is 0 Å². The number of halogens is 2. The molecule has 0 fully saturated rings. The van der Waals surface area contributed by atoms with E-state index < -0.39 is 0 Å². The van der Waals surface area contributed by atoms with E-state index in [1.165, 1.54) is 6.07 Å². The van der Waals surface area contributed by atoms with Crippen molar-refractivity contribution in [2.75, 3.05) is 19.1 Å². The van der Waals surface area contributed by atoms with Crippen LogP contribution in [0.2, 0.25) is 0 Å². The fourth-order valence-corrected chi connectivity index (χ4v) is 2.66. The summed E-state index contributed by atoms with van der Waals surface area (Å²) in [6.45, 7) is 0.704. The molecule has 0 saturated heterocycles. The molecule has 0 N–H and O–H groups in total. The highest BCUT2D eigenvalue weighted by Crippen LogP contribution is 2.26. The van der Waals surface area contributed by atoms with Gasteiger partial charge in [-0.2, -0.15) is 0 Å². The number of rotatable bonds is 5. The Balaban J connectivity index is 2.26. The topological polar surface area (TPSA) is 12.5 Å². The molecular formula is C16H17BrFNO. The monoisotopic (exact) mass is 337 g/mol. The van der Waals surface area contributed by atoms with Crippen LogP contribution in [0.5, 0.6) is 5.75 Å². The van der Waals surface area contributed by atoms with Crippen molar-refractivity contribution in [2.24, 2.45) is 0 Å². The van der Waals surface area contributed by atoms with E-state index in [1.807, 2.05) is 31.3 Å². The first kappa shape index (κ1) is 14.9. The second kappa shape index (κ2) is 6.75. The Morgan fingerprint density at radius 3 is 2.60 bits per heavy atom. The summed E-state index contributed by atoms with van der Waals surface area (Å²) in [6, 6.07) is 12.8. The third kappa shape index (κ3) is 3.31. The van der Waals surface area contributed by atoms with E-state index >= 15 is 0 Å². The number of benzene rings is 2. The highest BCUT2D eigenvalue weighted by Gasteiger charge is 2.10. The molecule has 106 valence electrons. The van der Waals surface area contributed by atoms with Crippen LogP contribution in [0.4, 0.5) is 10.1 Å². The summed E-state index contributed by atoms with van der Waals surface area (Å²) in [5.41, 5.74) is 3.04. The van der Waals surface area contributed by atoms with Crippen LogP contribution in [0.1, 0.15) is 11.1 Å². The molecule has 0 heterocycles. The predicted octanol–water partition coefficient (Wildman–Crippen LogP) is 4.37. The molecule has 0 saturated carbocycles. The second-order valence-electron chi connectivity index (χ2n) is 4.57. The standard InChI is InChI=1S/C16H17BrFNO/c1-19(11-12-5-3-4-6-16(12)20-2)15-8-7-14(18)9-13(15)10-17/h3-9H,10-11H2,1-2H3. The molecule has 2 aromatic rings. The van der Waals surface area contributed by atoms with E-state index in [1.54, 1.807) is 19.2 Å². The first-order chi connectivity index (χ1) is 9.65. The number of hydrogen-bond donors (Lipinski definition) is 0. The Hall–Kier alpha value is -1.55. The SMILES string of the molecule is COc1ccccc1CN(C)c1ccc(F)cc1CBr. The van der Waals surface area contributed by atoms with E-state index in [2.05, 4.69) is 20.8 Å². The van der Waals surface area contributed by atoms with Crippen molar-refractivity contribution in [3.63, 3.8) is 0 Å². The van der Waals surface area contributed by atoms with Gasteiger partial charge in [-0.15, -0.1) is 0 Å². The summed E-state index contributed by atoms with van der Waals surface area (Å²) in [5, 5.41) is 0.621. The van der Waals surface area contributed by atoms with Crippen molar-refractivity contribution < 1.29 is 9.13 Å². The predicted molar refractivity (Wildman–Crippen MR) is 84.1 cm³/mol. The minimum absolute atomic E-state index is 0.214. The van der Waals surface area contributed by atoms with Crippen molar-refractivity contribution in [2.45, 2.75) is 11.9 Å². The van der Waals surface area contributed by atoms with Crippen molar-refractivity contribution in [3.8, 4) is 5.75 Å². The van der Waals surface area contributed by atoms with Gasteiger partial charge in [0.1, 0.15) is 11.6 Å². The minimum atomic E-state index is -0.214. The quantitative estimate of drug-likeness (QED) is 0.751. The van der Waals surface area contributed by atoms with E-state index in [9.17, 15) is 4.39 Å². The molecule has 20 heavy (non-hydrogen) atoms. The van der Waals surface area contributed by atoms with Crippen LogP contribution in [0.15, 0.2) is 42.5 Å². The van der Waals surface area contributed by atoms with Crippen LogP contribution in [-0.2, 0) is 11.9 Å². The normalized spacial score (nSPS) is 10.4. The molecule has 0 bridgehead atoms. The van der Waals surface area contributed by atoms with Gasteiger partial charge in [-0.1, -0.05) is 34.1 Å². The molecule has 0 unspecified atom stereocenters. The van der Waals surface area contributed by atoms with Gasteiger partial charge < -0.3 is 9.64 Å². The summed E-state index contributed by atoms with van der Waals surface area (Å²) in [6.07, 6.45) is 0. The first-order valence-electron chi connectivity index (χ1n) is 6.33. The Labute approximate surface area is 127 Å². The lowest BCUT2D eigenvalue weighted by molar-refractivity contribution is 0.409. The van der Waals surface area contributed by atoms with Crippen LogP contribution < -0.4 is 9.64 Å². The molecule has 0 aliphatic heterocycles. The molecule has 2 aromatic carbocycles. The third-order valence-corrected chi connectivity index (χ3v) is 3.80. The summed E-state index contributed by atoms with van der Waals surface area (Å²) >= 11 is 3.41. The average molecular weight is 338 g/mol. The van der Waals surface area contributed by atoms with Gasteiger partial charge in [0, 0.05) is 30.2 Å². The Kier molecular flexibility index (Phi) is 5.01. The van der Waals surface area contributed by atoms with Gasteiger partial charge in [0.25, 0.3) is 0 Å². The minimum Gasteiger partial charge on any atom is -0.496 e. The molecule has 0 radical (unpaired) electrons. The van der Waals surface area contributed by atoms with Crippen LogP contribution >= 0.6 is 15.9 Å². The molecule has 0 spiro atoms. The Bertz CT molecular complexity index is 588. The zero-order valence-corrected chi connectivity index (χ0v) is 13.2. The number of anilines is 1. The van der Waals surface area contributed by atoms with Crippen LogP contribution in [0.3, 0.4) is 0 Å². The van der Waals surface area contributed by atoms with Crippen molar-refractivity contribution in [3.05, 3.63) is 59.4 Å². The van der Waals surface area contributed by atoms with Gasteiger partial charge in [0.15, 0.2) is 0 Å². The van der Waals surface area contributed by atoms with E-state index in [4.69, 9.17) is 4.74 Å². The lowest BCUT2D eigenvalue weighted by Gasteiger charge is -2.23. The fraction of sp³-hybridized carbons (Fsp3) is 0.250. The first-order valence-corrected chi connectivity index (χ1v) is 7.45. The molecule has 0 atom stereocenters. The van der Waals surface area contributed by atoms with E-state index in [0.717, 1.165) is 22.6 Å². The molecular weight excluding hydrogens is 321 g/mol. The Morgan fingerprint density at radius 1 is 1.15 bits per heavy atom. The Morgan fingerprint density at radius 2 is 1.90 bits per heavy atom. The van der Waals surface area contributed by atoms with Crippen LogP contribution in [0, 0.1) is 5.82 Å². The molecule has 0 aromatic heterocycles. The highest BCUT2D eigenvalue weighted by molar-refractivity contribution is 9.08. The molecule has 0 amide bonds. The number of alkyl halides is 1. The highest BCUT2D eigenvalue weighted by atomic mass is 79.9. The zero-order valence-electron chi connectivity index (χ0n) is 11.6. The van der Waals surface area contributed by atoms with Gasteiger partial charge in [-0.25, -0.2) is 4.39 Å². The van der Waals surface area contributed by atoms with E-state index in [-0.39, 0.29) is 5.82 Å². The van der Waals surface area contributed by atoms with Gasteiger partial charge in [-0.05, 0) is 29.8 Å². The number of para-hydroxylation sites is 1. The van der Waals surface area contributed by atoms with Crippen LogP contribution in [0.25, 0.3) is 0 Å². The largest absolute Gasteiger partial charge is 0.496 e. The summed E-state index contributed by atoms with van der Waals surface area (Å²) in [4.78, 5) is 2.09. The second-order valence-corrected chi connectivity index (χ2v) is 5.14. The smallest absolute Gasteiger partial charge is 0.123 e. The van der Waals surface area contributed by atoms with Gasteiger partial charge in [-0.3, -0.25) is 0 Å².